The number of hydrogen-bond donors (Lipinski definition) is 0. The van der Waals surface area contributed by atoms with Crippen LogP contribution >= 0.6 is 0 Å². The number of ether oxygens (including phenoxy) is 4. The molecule has 0 radical (unpaired) electrons. The van der Waals surface area contributed by atoms with Gasteiger partial charge in [0.05, 0.1) is 19.9 Å². The topological polar surface area (TPSA) is 66.9 Å². The van der Waals surface area contributed by atoms with Crippen LogP contribution in [0.2, 0.25) is 0 Å². The number of hydrogen-bond acceptors (Lipinski definition) is 6. The minimum atomic E-state index is 0.210. The van der Waals surface area contributed by atoms with Gasteiger partial charge in [-0.05, 0) is 41.3 Å². The number of carbonyl (C=O) groups excluding carboxylic acids is 1. The summed E-state index contributed by atoms with van der Waals surface area (Å²) in [6.45, 7) is 0.210. The molecule has 0 aliphatic carbocycles. The summed E-state index contributed by atoms with van der Waals surface area (Å²) in [6.07, 6.45) is 2.89. The second-order valence-corrected chi connectivity index (χ2v) is 5.82. The zero-order valence-electron chi connectivity index (χ0n) is 14.4. The Morgan fingerprint density at radius 3 is 2.62 bits per heavy atom. The van der Waals surface area contributed by atoms with E-state index >= 15 is 0 Å². The van der Waals surface area contributed by atoms with Crippen molar-refractivity contribution >= 4 is 17.1 Å². The molecule has 1 aliphatic rings. The highest BCUT2D eigenvalue weighted by Crippen LogP contribution is 2.39. The Bertz CT molecular complexity index is 999. The van der Waals surface area contributed by atoms with Crippen molar-refractivity contribution in [2.24, 2.45) is 0 Å². The molecule has 26 heavy (non-hydrogen) atoms. The lowest BCUT2D eigenvalue weighted by molar-refractivity contribution is -0.107. The third-order valence-electron chi connectivity index (χ3n) is 4.43. The van der Waals surface area contributed by atoms with E-state index in [2.05, 4.69) is 4.98 Å². The Morgan fingerprint density at radius 2 is 1.85 bits per heavy atom. The van der Waals surface area contributed by atoms with Crippen molar-refractivity contribution in [3.63, 3.8) is 0 Å². The molecule has 2 heterocycles. The first-order valence-corrected chi connectivity index (χ1v) is 8.12. The van der Waals surface area contributed by atoms with E-state index < -0.39 is 0 Å². The molecule has 0 saturated heterocycles. The van der Waals surface area contributed by atoms with Gasteiger partial charge in [-0.3, -0.25) is 4.98 Å². The molecule has 2 aromatic carbocycles. The number of pyridine rings is 1. The van der Waals surface area contributed by atoms with Crippen LogP contribution < -0.4 is 18.9 Å². The fourth-order valence-corrected chi connectivity index (χ4v) is 3.19. The van der Waals surface area contributed by atoms with Crippen molar-refractivity contribution in [2.75, 3.05) is 21.0 Å². The summed E-state index contributed by atoms with van der Waals surface area (Å²) < 4.78 is 21.6. The summed E-state index contributed by atoms with van der Waals surface area (Å²) in [4.78, 5) is 15.9. The average Bonchev–Trinajstić information content (AvgIpc) is 3.15. The highest BCUT2D eigenvalue weighted by Gasteiger charge is 2.18. The minimum Gasteiger partial charge on any atom is -0.493 e. The highest BCUT2D eigenvalue weighted by atomic mass is 16.7. The van der Waals surface area contributed by atoms with Gasteiger partial charge in [0.15, 0.2) is 23.0 Å². The molecule has 1 aliphatic heterocycles. The number of rotatable bonds is 5. The van der Waals surface area contributed by atoms with Crippen molar-refractivity contribution in [3.8, 4) is 34.3 Å². The van der Waals surface area contributed by atoms with E-state index in [1.807, 2.05) is 30.3 Å². The Morgan fingerprint density at radius 1 is 1.08 bits per heavy atom. The normalized spacial score (nSPS) is 12.2. The molecule has 0 atom stereocenters. The number of carbonyl (C=O) groups is 1. The Kier molecular flexibility index (Phi) is 4.08. The molecule has 0 unspecified atom stereocenters. The van der Waals surface area contributed by atoms with Crippen LogP contribution in [0.15, 0.2) is 36.5 Å². The number of nitrogens with zero attached hydrogens (tertiary/aromatic N) is 1. The molecule has 0 amide bonds. The van der Waals surface area contributed by atoms with Crippen LogP contribution in [-0.2, 0) is 11.2 Å². The summed E-state index contributed by atoms with van der Waals surface area (Å²) in [7, 11) is 3.17. The van der Waals surface area contributed by atoms with E-state index in [1.54, 1.807) is 20.4 Å². The molecule has 132 valence electrons. The van der Waals surface area contributed by atoms with Crippen LogP contribution in [0.25, 0.3) is 22.0 Å². The van der Waals surface area contributed by atoms with Crippen molar-refractivity contribution < 1.29 is 23.7 Å². The van der Waals surface area contributed by atoms with Gasteiger partial charge in [-0.15, -0.1) is 0 Å². The molecule has 0 bridgehead atoms. The molecule has 0 saturated carbocycles. The summed E-state index contributed by atoms with van der Waals surface area (Å²) in [5.74, 6) is 2.61. The summed E-state index contributed by atoms with van der Waals surface area (Å²) in [5.41, 5.74) is 2.43. The maximum atomic E-state index is 11.3. The summed E-state index contributed by atoms with van der Waals surface area (Å²) >= 11 is 0. The molecular formula is C20H17NO5. The van der Waals surface area contributed by atoms with Crippen LogP contribution in [0, 0.1) is 0 Å². The van der Waals surface area contributed by atoms with Crippen LogP contribution in [-0.4, -0.2) is 32.3 Å². The first kappa shape index (κ1) is 16.2. The molecular weight excluding hydrogens is 334 g/mol. The first-order valence-electron chi connectivity index (χ1n) is 8.12. The molecule has 6 nitrogen and oxygen atoms in total. The van der Waals surface area contributed by atoms with E-state index in [9.17, 15) is 4.79 Å². The number of aldehydes is 1. The van der Waals surface area contributed by atoms with E-state index in [1.165, 1.54) is 0 Å². The van der Waals surface area contributed by atoms with Crippen molar-refractivity contribution in [1.82, 2.24) is 4.98 Å². The highest BCUT2D eigenvalue weighted by molar-refractivity contribution is 5.94. The summed E-state index contributed by atoms with van der Waals surface area (Å²) in [5, 5.41) is 1.78. The van der Waals surface area contributed by atoms with Crippen molar-refractivity contribution in [1.29, 1.82) is 0 Å². The fourth-order valence-electron chi connectivity index (χ4n) is 3.19. The standard InChI is InChI=1S/C20H17NO5/c1-23-17-8-13-10-21-20(12-3-4-16-19(7-12)26-11-25-16)14(5-6-22)15(13)9-18(17)24-2/h3-4,6-10H,5,11H2,1-2H3. The van der Waals surface area contributed by atoms with Gasteiger partial charge < -0.3 is 23.7 Å². The lowest BCUT2D eigenvalue weighted by Crippen LogP contribution is -1.98. The number of benzene rings is 2. The molecule has 0 fully saturated rings. The van der Waals surface area contributed by atoms with Gasteiger partial charge in [0, 0.05) is 23.6 Å². The Balaban J connectivity index is 1.94. The number of methoxy groups -OCH3 is 2. The second kappa shape index (κ2) is 6.55. The van der Waals surface area contributed by atoms with Crippen molar-refractivity contribution in [2.45, 2.75) is 6.42 Å². The predicted molar refractivity (Wildman–Crippen MR) is 96.2 cm³/mol. The zero-order chi connectivity index (χ0) is 18.1. The summed E-state index contributed by atoms with van der Waals surface area (Å²) in [6, 6.07) is 9.38. The van der Waals surface area contributed by atoms with Gasteiger partial charge in [-0.1, -0.05) is 0 Å². The minimum absolute atomic E-state index is 0.210. The van der Waals surface area contributed by atoms with Crippen LogP contribution in [0.5, 0.6) is 23.0 Å². The van der Waals surface area contributed by atoms with Crippen LogP contribution in [0.3, 0.4) is 0 Å². The Hall–Kier alpha value is -3.28. The zero-order valence-corrected chi connectivity index (χ0v) is 14.4. The number of fused-ring (bicyclic) bond motifs is 2. The van der Waals surface area contributed by atoms with E-state index in [4.69, 9.17) is 18.9 Å². The van der Waals surface area contributed by atoms with E-state index in [0.717, 1.165) is 33.9 Å². The van der Waals surface area contributed by atoms with Crippen molar-refractivity contribution in [3.05, 3.63) is 42.1 Å². The fraction of sp³-hybridized carbons (Fsp3) is 0.200. The third kappa shape index (κ3) is 2.60. The smallest absolute Gasteiger partial charge is 0.231 e. The van der Waals surface area contributed by atoms with Crippen LogP contribution in [0.1, 0.15) is 5.56 Å². The molecule has 0 N–H and O–H groups in total. The lowest BCUT2D eigenvalue weighted by atomic mass is 9.97. The first-order chi connectivity index (χ1) is 12.7. The second-order valence-electron chi connectivity index (χ2n) is 5.82. The molecule has 1 aromatic heterocycles. The van der Waals surface area contributed by atoms with Gasteiger partial charge in [0.2, 0.25) is 6.79 Å². The molecule has 6 heteroatoms. The SMILES string of the molecule is COc1cc2cnc(-c3ccc4c(c3)OCO4)c(CC=O)c2cc1OC. The van der Waals surface area contributed by atoms with Gasteiger partial charge in [-0.25, -0.2) is 0 Å². The predicted octanol–water partition coefficient (Wildman–Crippen LogP) is 3.39. The third-order valence-corrected chi connectivity index (χ3v) is 4.43. The molecule has 4 rings (SSSR count). The van der Waals surface area contributed by atoms with Crippen LogP contribution in [0.4, 0.5) is 0 Å². The van der Waals surface area contributed by atoms with Gasteiger partial charge in [-0.2, -0.15) is 0 Å². The van der Waals surface area contributed by atoms with Gasteiger partial charge in [0.25, 0.3) is 0 Å². The monoisotopic (exact) mass is 351 g/mol. The quantitative estimate of drug-likeness (QED) is 0.657. The maximum Gasteiger partial charge on any atom is 0.231 e. The molecule has 3 aromatic rings. The van der Waals surface area contributed by atoms with E-state index in [-0.39, 0.29) is 13.2 Å². The Labute approximate surface area is 150 Å². The van der Waals surface area contributed by atoms with Gasteiger partial charge in [0.1, 0.15) is 6.29 Å². The van der Waals surface area contributed by atoms with E-state index in [0.29, 0.717) is 23.0 Å². The lowest BCUT2D eigenvalue weighted by Gasteiger charge is -2.14. The largest absolute Gasteiger partial charge is 0.493 e. The molecule has 0 spiro atoms. The maximum absolute atomic E-state index is 11.3. The number of aromatic nitrogens is 1. The average molecular weight is 351 g/mol. The van der Waals surface area contributed by atoms with Gasteiger partial charge >= 0.3 is 0 Å².